The van der Waals surface area contributed by atoms with E-state index in [1.165, 1.54) is 24.2 Å². The number of aromatic carboxylic acids is 1. The van der Waals surface area contributed by atoms with Gasteiger partial charge < -0.3 is 5.11 Å². The van der Waals surface area contributed by atoms with Gasteiger partial charge in [0.2, 0.25) is 0 Å². The SMILES string of the molecule is O=C(O)c1cnc2ccccc2c1Sc1ccc(Cl)cn1. The molecule has 0 radical (unpaired) electrons. The van der Waals surface area contributed by atoms with Crippen molar-refractivity contribution in [2.24, 2.45) is 0 Å². The Hall–Kier alpha value is -2.11. The van der Waals surface area contributed by atoms with Gasteiger partial charge in [0, 0.05) is 22.7 Å². The van der Waals surface area contributed by atoms with E-state index in [2.05, 4.69) is 9.97 Å². The molecule has 3 aromatic rings. The maximum absolute atomic E-state index is 11.4. The van der Waals surface area contributed by atoms with Crippen LogP contribution in [0.5, 0.6) is 0 Å². The lowest BCUT2D eigenvalue weighted by atomic mass is 10.1. The van der Waals surface area contributed by atoms with E-state index in [-0.39, 0.29) is 5.56 Å². The van der Waals surface area contributed by atoms with Crippen LogP contribution >= 0.6 is 23.4 Å². The number of pyridine rings is 2. The maximum atomic E-state index is 11.4. The van der Waals surface area contributed by atoms with Crippen LogP contribution < -0.4 is 0 Å². The minimum absolute atomic E-state index is 0.162. The van der Waals surface area contributed by atoms with Crippen molar-refractivity contribution in [1.29, 1.82) is 0 Å². The summed E-state index contributed by atoms with van der Waals surface area (Å²) < 4.78 is 0. The summed E-state index contributed by atoms with van der Waals surface area (Å²) in [5, 5.41) is 11.4. The fourth-order valence-corrected chi connectivity index (χ4v) is 3.00. The van der Waals surface area contributed by atoms with Gasteiger partial charge in [-0.2, -0.15) is 0 Å². The first kappa shape index (κ1) is 13.9. The number of halogens is 1. The molecule has 0 atom stereocenters. The molecule has 4 nitrogen and oxygen atoms in total. The number of benzene rings is 1. The lowest BCUT2D eigenvalue weighted by Crippen LogP contribution is -2.01. The Balaban J connectivity index is 2.16. The van der Waals surface area contributed by atoms with Gasteiger partial charge in [0.05, 0.1) is 16.1 Å². The summed E-state index contributed by atoms with van der Waals surface area (Å²) in [5.41, 5.74) is 0.911. The van der Waals surface area contributed by atoms with Gasteiger partial charge >= 0.3 is 5.97 Å². The van der Waals surface area contributed by atoms with E-state index < -0.39 is 5.97 Å². The van der Waals surface area contributed by atoms with Gasteiger partial charge in [0.1, 0.15) is 5.03 Å². The van der Waals surface area contributed by atoms with Crippen molar-refractivity contribution in [2.75, 3.05) is 0 Å². The molecule has 1 N–H and O–H groups in total. The smallest absolute Gasteiger partial charge is 0.338 e. The molecule has 0 spiro atoms. The van der Waals surface area contributed by atoms with Crippen LogP contribution in [0.3, 0.4) is 0 Å². The molecule has 6 heteroatoms. The molecule has 0 aliphatic heterocycles. The lowest BCUT2D eigenvalue weighted by molar-refractivity contribution is 0.0693. The van der Waals surface area contributed by atoms with Gasteiger partial charge in [0.15, 0.2) is 0 Å². The Morgan fingerprint density at radius 1 is 1.10 bits per heavy atom. The molecule has 0 aliphatic rings. The van der Waals surface area contributed by atoms with Crippen molar-refractivity contribution in [3.63, 3.8) is 0 Å². The summed E-state index contributed by atoms with van der Waals surface area (Å²) >= 11 is 7.11. The zero-order valence-electron chi connectivity index (χ0n) is 10.7. The van der Waals surface area contributed by atoms with Crippen LogP contribution in [0.15, 0.2) is 58.7 Å². The molecule has 0 aliphatic carbocycles. The average molecular weight is 317 g/mol. The van der Waals surface area contributed by atoms with Gasteiger partial charge in [-0.25, -0.2) is 9.78 Å². The zero-order chi connectivity index (χ0) is 14.8. The predicted molar refractivity (Wildman–Crippen MR) is 82.1 cm³/mol. The second-order valence-corrected chi connectivity index (χ2v) is 5.71. The number of carboxylic acid groups (broad SMARTS) is 1. The first-order chi connectivity index (χ1) is 10.1. The van der Waals surface area contributed by atoms with Crippen LogP contribution in [0.25, 0.3) is 10.9 Å². The molecule has 3 rings (SSSR count). The third-order valence-corrected chi connectivity index (χ3v) is 4.18. The van der Waals surface area contributed by atoms with Gasteiger partial charge in [0.25, 0.3) is 0 Å². The van der Waals surface area contributed by atoms with E-state index in [9.17, 15) is 9.90 Å². The molecule has 0 amide bonds. The predicted octanol–water partition coefficient (Wildman–Crippen LogP) is 4.13. The average Bonchev–Trinajstić information content (AvgIpc) is 2.49. The Bertz CT molecular complexity index is 822. The van der Waals surface area contributed by atoms with Crippen molar-refractivity contribution in [2.45, 2.75) is 9.92 Å². The Morgan fingerprint density at radius 3 is 2.62 bits per heavy atom. The minimum atomic E-state index is -1.01. The standard InChI is InChI=1S/C15H9ClN2O2S/c16-9-5-6-13(18-7-9)21-14-10-3-1-2-4-12(10)17-8-11(14)15(19)20/h1-8H,(H,19,20). The van der Waals surface area contributed by atoms with E-state index in [0.717, 1.165) is 10.9 Å². The summed E-state index contributed by atoms with van der Waals surface area (Å²) in [7, 11) is 0. The molecule has 2 heterocycles. The summed E-state index contributed by atoms with van der Waals surface area (Å²) in [6.45, 7) is 0. The molecule has 0 fully saturated rings. The highest BCUT2D eigenvalue weighted by Crippen LogP contribution is 2.34. The second-order valence-electron chi connectivity index (χ2n) is 4.24. The van der Waals surface area contributed by atoms with Crippen LogP contribution in [0, 0.1) is 0 Å². The van der Waals surface area contributed by atoms with Crippen LogP contribution in [0.4, 0.5) is 0 Å². The topological polar surface area (TPSA) is 63.1 Å². The fourth-order valence-electron chi connectivity index (χ4n) is 1.91. The number of nitrogens with zero attached hydrogens (tertiary/aromatic N) is 2. The summed E-state index contributed by atoms with van der Waals surface area (Å²) in [6, 6.07) is 10.9. The third kappa shape index (κ3) is 2.84. The van der Waals surface area contributed by atoms with Crippen LogP contribution in [-0.2, 0) is 0 Å². The highest BCUT2D eigenvalue weighted by molar-refractivity contribution is 7.99. The molecule has 0 saturated heterocycles. The van der Waals surface area contributed by atoms with E-state index in [1.54, 1.807) is 12.1 Å². The van der Waals surface area contributed by atoms with Gasteiger partial charge in [-0.1, -0.05) is 41.6 Å². The molecule has 0 unspecified atom stereocenters. The fraction of sp³-hybridized carbons (Fsp3) is 0. The molecule has 104 valence electrons. The van der Waals surface area contributed by atoms with E-state index in [1.807, 2.05) is 24.3 Å². The number of carbonyl (C=O) groups is 1. The highest BCUT2D eigenvalue weighted by Gasteiger charge is 2.16. The summed E-state index contributed by atoms with van der Waals surface area (Å²) in [5.74, 6) is -1.01. The van der Waals surface area contributed by atoms with Crippen LogP contribution in [-0.4, -0.2) is 21.0 Å². The molecular weight excluding hydrogens is 308 g/mol. The highest BCUT2D eigenvalue weighted by atomic mass is 35.5. The van der Waals surface area contributed by atoms with Crippen molar-refractivity contribution in [3.05, 3.63) is 59.4 Å². The van der Waals surface area contributed by atoms with E-state index >= 15 is 0 Å². The molecule has 0 saturated carbocycles. The van der Waals surface area contributed by atoms with Gasteiger partial charge in [-0.15, -0.1) is 0 Å². The number of carboxylic acids is 1. The maximum Gasteiger partial charge on any atom is 0.338 e. The summed E-state index contributed by atoms with van der Waals surface area (Å²) in [4.78, 5) is 20.4. The Morgan fingerprint density at radius 2 is 1.90 bits per heavy atom. The lowest BCUT2D eigenvalue weighted by Gasteiger charge is -2.09. The third-order valence-electron chi connectivity index (χ3n) is 2.86. The number of hydrogen-bond donors (Lipinski definition) is 1. The number of aromatic nitrogens is 2. The van der Waals surface area contributed by atoms with Crippen molar-refractivity contribution in [3.8, 4) is 0 Å². The quantitative estimate of drug-likeness (QED) is 0.787. The molecule has 0 bridgehead atoms. The molecule has 1 aromatic carbocycles. The minimum Gasteiger partial charge on any atom is -0.478 e. The second kappa shape index (κ2) is 5.71. The van der Waals surface area contributed by atoms with Crippen LogP contribution in [0.1, 0.15) is 10.4 Å². The zero-order valence-corrected chi connectivity index (χ0v) is 12.2. The van der Waals surface area contributed by atoms with Gasteiger partial charge in [-0.3, -0.25) is 4.98 Å². The van der Waals surface area contributed by atoms with Crippen molar-refractivity contribution in [1.82, 2.24) is 9.97 Å². The molecule has 2 aromatic heterocycles. The van der Waals surface area contributed by atoms with Crippen molar-refractivity contribution >= 4 is 40.2 Å². The number of hydrogen-bond acceptors (Lipinski definition) is 4. The first-order valence-electron chi connectivity index (χ1n) is 6.05. The molecular formula is C15H9ClN2O2S. The number of fused-ring (bicyclic) bond motifs is 1. The van der Waals surface area contributed by atoms with Crippen LogP contribution in [0.2, 0.25) is 5.02 Å². The van der Waals surface area contributed by atoms with E-state index in [4.69, 9.17) is 11.6 Å². The Labute approximate surface area is 129 Å². The van der Waals surface area contributed by atoms with E-state index in [0.29, 0.717) is 14.9 Å². The Kier molecular flexibility index (Phi) is 3.77. The first-order valence-corrected chi connectivity index (χ1v) is 7.25. The van der Waals surface area contributed by atoms with Gasteiger partial charge in [-0.05, 0) is 18.2 Å². The monoisotopic (exact) mass is 316 g/mol. The number of rotatable bonds is 3. The molecule has 21 heavy (non-hydrogen) atoms. The normalized spacial score (nSPS) is 10.7. The summed E-state index contributed by atoms with van der Waals surface area (Å²) in [6.07, 6.45) is 2.91. The van der Waals surface area contributed by atoms with Crippen molar-refractivity contribution < 1.29 is 9.90 Å². The largest absolute Gasteiger partial charge is 0.478 e. The number of para-hydroxylation sites is 1.